The molecule has 0 N–H and O–H groups in total. The van der Waals surface area contributed by atoms with Crippen molar-refractivity contribution in [2.45, 2.75) is 32.8 Å². The van der Waals surface area contributed by atoms with Gasteiger partial charge in [0.1, 0.15) is 11.5 Å². The molecule has 1 aromatic heterocycles. The van der Waals surface area contributed by atoms with Gasteiger partial charge in [0.25, 0.3) is 0 Å². The fourth-order valence-electron chi connectivity index (χ4n) is 1.64. The Morgan fingerprint density at radius 2 is 1.95 bits per heavy atom. The van der Waals surface area contributed by atoms with Gasteiger partial charge in [-0.3, -0.25) is 4.98 Å². The van der Waals surface area contributed by atoms with Crippen molar-refractivity contribution < 1.29 is 9.53 Å². The minimum atomic E-state index is -0.317. The SMILES string of the molecule is CC(C)(C)c1ccc(COC(=O)c2cncs2)cc1. The number of nitrogens with zero attached hydrogens (tertiary/aromatic N) is 1. The minimum Gasteiger partial charge on any atom is -0.457 e. The van der Waals surface area contributed by atoms with Crippen molar-refractivity contribution >= 4 is 17.3 Å². The number of rotatable bonds is 3. The van der Waals surface area contributed by atoms with E-state index in [0.29, 0.717) is 11.5 Å². The van der Waals surface area contributed by atoms with Crippen LogP contribution >= 0.6 is 11.3 Å². The molecule has 1 heterocycles. The molecule has 3 nitrogen and oxygen atoms in total. The molecule has 4 heteroatoms. The molecule has 2 rings (SSSR count). The molecule has 0 unspecified atom stereocenters. The van der Waals surface area contributed by atoms with E-state index in [2.05, 4.69) is 37.9 Å². The Kier molecular flexibility index (Phi) is 4.00. The van der Waals surface area contributed by atoms with Crippen LogP contribution in [0.1, 0.15) is 41.6 Å². The molecule has 0 aliphatic heterocycles. The number of hydrogen-bond acceptors (Lipinski definition) is 4. The minimum absolute atomic E-state index is 0.137. The number of carbonyl (C=O) groups excluding carboxylic acids is 1. The first-order chi connectivity index (χ1) is 8.97. The van der Waals surface area contributed by atoms with E-state index in [1.807, 2.05) is 12.1 Å². The van der Waals surface area contributed by atoms with E-state index in [1.54, 1.807) is 5.51 Å². The molecule has 0 bridgehead atoms. The first kappa shape index (κ1) is 13.7. The van der Waals surface area contributed by atoms with Crippen molar-refractivity contribution in [1.82, 2.24) is 4.98 Å². The molecular weight excluding hydrogens is 258 g/mol. The van der Waals surface area contributed by atoms with Gasteiger partial charge in [-0.1, -0.05) is 45.0 Å². The number of esters is 1. The highest BCUT2D eigenvalue weighted by Crippen LogP contribution is 2.22. The molecule has 0 amide bonds. The van der Waals surface area contributed by atoms with Crippen LogP contribution in [0.3, 0.4) is 0 Å². The molecule has 19 heavy (non-hydrogen) atoms. The smallest absolute Gasteiger partial charge is 0.350 e. The molecule has 100 valence electrons. The molecule has 0 spiro atoms. The second-order valence-corrected chi connectivity index (χ2v) is 6.28. The summed E-state index contributed by atoms with van der Waals surface area (Å²) < 4.78 is 5.23. The molecule has 0 aliphatic carbocycles. The zero-order valence-electron chi connectivity index (χ0n) is 11.3. The van der Waals surface area contributed by atoms with Crippen LogP contribution in [0.5, 0.6) is 0 Å². The van der Waals surface area contributed by atoms with Gasteiger partial charge in [0.2, 0.25) is 0 Å². The van der Waals surface area contributed by atoms with E-state index in [1.165, 1.54) is 23.1 Å². The van der Waals surface area contributed by atoms with Crippen molar-refractivity contribution in [3.63, 3.8) is 0 Å². The molecule has 0 fully saturated rings. The van der Waals surface area contributed by atoms with E-state index >= 15 is 0 Å². The topological polar surface area (TPSA) is 39.2 Å². The number of ether oxygens (including phenoxy) is 1. The van der Waals surface area contributed by atoms with E-state index in [9.17, 15) is 4.79 Å². The quantitative estimate of drug-likeness (QED) is 0.800. The highest BCUT2D eigenvalue weighted by atomic mass is 32.1. The lowest BCUT2D eigenvalue weighted by atomic mass is 9.87. The Morgan fingerprint density at radius 1 is 1.26 bits per heavy atom. The summed E-state index contributed by atoms with van der Waals surface area (Å²) >= 11 is 1.29. The van der Waals surface area contributed by atoms with Crippen molar-refractivity contribution in [1.29, 1.82) is 0 Å². The Bertz CT molecular complexity index is 539. The van der Waals surface area contributed by atoms with Gasteiger partial charge in [0.05, 0.1) is 11.7 Å². The number of aromatic nitrogens is 1. The van der Waals surface area contributed by atoms with Crippen LogP contribution in [0.25, 0.3) is 0 Å². The average Bonchev–Trinajstić information content (AvgIpc) is 2.89. The van der Waals surface area contributed by atoms with Crippen LogP contribution in [0.2, 0.25) is 0 Å². The van der Waals surface area contributed by atoms with Crippen LogP contribution in [0.4, 0.5) is 0 Å². The number of benzene rings is 1. The van der Waals surface area contributed by atoms with Gasteiger partial charge in [-0.15, -0.1) is 11.3 Å². The number of hydrogen-bond donors (Lipinski definition) is 0. The lowest BCUT2D eigenvalue weighted by molar-refractivity contribution is 0.0478. The third-order valence-electron chi connectivity index (χ3n) is 2.82. The molecule has 2 aromatic rings. The Labute approximate surface area is 117 Å². The molecule has 0 saturated carbocycles. The maximum Gasteiger partial charge on any atom is 0.350 e. The van der Waals surface area contributed by atoms with Crippen LogP contribution < -0.4 is 0 Å². The van der Waals surface area contributed by atoms with Gasteiger partial charge in [0.15, 0.2) is 0 Å². The second kappa shape index (κ2) is 5.53. The summed E-state index contributed by atoms with van der Waals surface area (Å²) in [5.74, 6) is -0.317. The third-order valence-corrected chi connectivity index (χ3v) is 3.58. The monoisotopic (exact) mass is 275 g/mol. The molecular formula is C15H17NO2S. The summed E-state index contributed by atoms with van der Waals surface area (Å²) in [6, 6.07) is 8.16. The van der Waals surface area contributed by atoms with E-state index in [-0.39, 0.29) is 11.4 Å². The lowest BCUT2D eigenvalue weighted by Crippen LogP contribution is -2.11. The first-order valence-electron chi connectivity index (χ1n) is 6.12. The van der Waals surface area contributed by atoms with Crippen LogP contribution in [-0.4, -0.2) is 11.0 Å². The summed E-state index contributed by atoms with van der Waals surface area (Å²) in [5.41, 5.74) is 4.02. The van der Waals surface area contributed by atoms with Gasteiger partial charge in [0, 0.05) is 0 Å². The van der Waals surface area contributed by atoms with Gasteiger partial charge in [-0.25, -0.2) is 4.79 Å². The zero-order valence-corrected chi connectivity index (χ0v) is 12.2. The maximum atomic E-state index is 11.7. The van der Waals surface area contributed by atoms with E-state index in [4.69, 9.17) is 4.74 Å². The third kappa shape index (κ3) is 3.64. The van der Waals surface area contributed by atoms with Crippen molar-refractivity contribution in [3.8, 4) is 0 Å². The van der Waals surface area contributed by atoms with E-state index < -0.39 is 0 Å². The first-order valence-corrected chi connectivity index (χ1v) is 7.00. The van der Waals surface area contributed by atoms with Gasteiger partial charge >= 0.3 is 5.97 Å². The molecule has 0 aliphatic rings. The Balaban J connectivity index is 1.95. The normalized spacial score (nSPS) is 11.3. The van der Waals surface area contributed by atoms with Crippen molar-refractivity contribution in [2.75, 3.05) is 0 Å². The highest BCUT2D eigenvalue weighted by molar-refractivity contribution is 7.11. The fourth-order valence-corrected chi connectivity index (χ4v) is 2.15. The second-order valence-electron chi connectivity index (χ2n) is 5.39. The summed E-state index contributed by atoms with van der Waals surface area (Å²) in [6.07, 6.45) is 1.52. The largest absolute Gasteiger partial charge is 0.457 e. The average molecular weight is 275 g/mol. The van der Waals surface area contributed by atoms with Crippen molar-refractivity contribution in [3.05, 3.63) is 52.0 Å². The van der Waals surface area contributed by atoms with Crippen LogP contribution in [-0.2, 0) is 16.8 Å². The fraction of sp³-hybridized carbons (Fsp3) is 0.333. The summed E-state index contributed by atoms with van der Waals surface area (Å²) in [4.78, 5) is 16.0. The van der Waals surface area contributed by atoms with Crippen LogP contribution in [0, 0.1) is 0 Å². The standard InChI is InChI=1S/C15H17NO2S/c1-15(2,3)12-6-4-11(5-7-12)9-18-14(17)13-8-16-10-19-13/h4-8,10H,9H2,1-3H3. The Hall–Kier alpha value is -1.68. The summed E-state index contributed by atoms with van der Waals surface area (Å²) in [6.45, 7) is 6.81. The molecule has 0 radical (unpaired) electrons. The van der Waals surface area contributed by atoms with Gasteiger partial charge in [-0.05, 0) is 16.5 Å². The van der Waals surface area contributed by atoms with Gasteiger partial charge < -0.3 is 4.74 Å². The van der Waals surface area contributed by atoms with Crippen LogP contribution in [0.15, 0.2) is 36.0 Å². The molecule has 0 atom stereocenters. The predicted octanol–water partition coefficient (Wildman–Crippen LogP) is 3.80. The number of thiazole rings is 1. The Morgan fingerprint density at radius 3 is 2.47 bits per heavy atom. The van der Waals surface area contributed by atoms with Crippen molar-refractivity contribution in [2.24, 2.45) is 0 Å². The molecule has 0 saturated heterocycles. The molecule has 1 aromatic carbocycles. The lowest BCUT2D eigenvalue weighted by Gasteiger charge is -2.19. The predicted molar refractivity (Wildman–Crippen MR) is 76.4 cm³/mol. The zero-order chi connectivity index (χ0) is 13.9. The summed E-state index contributed by atoms with van der Waals surface area (Å²) in [7, 11) is 0. The summed E-state index contributed by atoms with van der Waals surface area (Å²) in [5, 5.41) is 0. The number of carbonyl (C=O) groups is 1. The maximum absolute atomic E-state index is 11.7. The van der Waals surface area contributed by atoms with Gasteiger partial charge in [-0.2, -0.15) is 0 Å². The highest BCUT2D eigenvalue weighted by Gasteiger charge is 2.13. The van der Waals surface area contributed by atoms with E-state index in [0.717, 1.165) is 5.56 Å².